The average Bonchev–Trinajstić information content (AvgIpc) is 3.12. The summed E-state index contributed by atoms with van der Waals surface area (Å²) in [5, 5.41) is 0. The number of ether oxygens (including phenoxy) is 1. The Labute approximate surface area is 106 Å². The van der Waals surface area contributed by atoms with E-state index in [2.05, 4.69) is 24.3 Å². The highest BCUT2D eigenvalue weighted by molar-refractivity contribution is 5.11. The SMILES string of the molecule is C1=CCC=C1.COC1CCC(C2CCCC2)C1. The van der Waals surface area contributed by atoms with E-state index in [4.69, 9.17) is 4.74 Å². The van der Waals surface area contributed by atoms with Crippen LogP contribution in [0.4, 0.5) is 0 Å². The molecule has 0 radical (unpaired) electrons. The monoisotopic (exact) mass is 234 g/mol. The van der Waals surface area contributed by atoms with E-state index in [-0.39, 0.29) is 0 Å². The van der Waals surface area contributed by atoms with E-state index in [0.717, 1.165) is 18.3 Å². The van der Waals surface area contributed by atoms with Crippen LogP contribution < -0.4 is 0 Å². The number of hydrogen-bond acceptors (Lipinski definition) is 1. The van der Waals surface area contributed by atoms with Crippen LogP contribution in [0.25, 0.3) is 0 Å². The zero-order valence-electron chi connectivity index (χ0n) is 11.1. The van der Waals surface area contributed by atoms with E-state index in [0.29, 0.717) is 6.10 Å². The van der Waals surface area contributed by atoms with Crippen molar-refractivity contribution in [3.8, 4) is 0 Å². The van der Waals surface area contributed by atoms with Gasteiger partial charge >= 0.3 is 0 Å². The third kappa shape index (κ3) is 3.99. The van der Waals surface area contributed by atoms with Gasteiger partial charge in [0.15, 0.2) is 0 Å². The van der Waals surface area contributed by atoms with Gasteiger partial charge in [0.05, 0.1) is 6.10 Å². The van der Waals surface area contributed by atoms with Gasteiger partial charge in [-0.3, -0.25) is 0 Å². The molecule has 0 saturated heterocycles. The van der Waals surface area contributed by atoms with Crippen molar-refractivity contribution in [2.75, 3.05) is 7.11 Å². The van der Waals surface area contributed by atoms with Crippen LogP contribution in [0.2, 0.25) is 0 Å². The maximum absolute atomic E-state index is 5.40. The number of hydrogen-bond donors (Lipinski definition) is 0. The second-order valence-corrected chi connectivity index (χ2v) is 5.57. The van der Waals surface area contributed by atoms with Crippen molar-refractivity contribution in [3.05, 3.63) is 24.3 Å². The van der Waals surface area contributed by atoms with E-state index in [1.807, 2.05) is 7.11 Å². The molecular formula is C16H26O. The zero-order chi connectivity index (χ0) is 11.9. The fourth-order valence-corrected chi connectivity index (χ4v) is 3.44. The minimum absolute atomic E-state index is 0.593. The van der Waals surface area contributed by atoms with Crippen molar-refractivity contribution in [1.29, 1.82) is 0 Å². The van der Waals surface area contributed by atoms with Gasteiger partial charge in [-0.1, -0.05) is 50.0 Å². The second-order valence-electron chi connectivity index (χ2n) is 5.57. The van der Waals surface area contributed by atoms with Crippen LogP contribution in [0.3, 0.4) is 0 Å². The summed E-state index contributed by atoms with van der Waals surface area (Å²) >= 11 is 0. The van der Waals surface area contributed by atoms with Crippen LogP contribution >= 0.6 is 0 Å². The van der Waals surface area contributed by atoms with Crippen LogP contribution in [0.5, 0.6) is 0 Å². The van der Waals surface area contributed by atoms with E-state index in [1.54, 1.807) is 0 Å². The summed E-state index contributed by atoms with van der Waals surface area (Å²) in [5.41, 5.74) is 0. The summed E-state index contributed by atoms with van der Waals surface area (Å²) < 4.78 is 5.40. The van der Waals surface area contributed by atoms with Crippen LogP contribution in [0.1, 0.15) is 51.4 Å². The minimum Gasteiger partial charge on any atom is -0.381 e. The molecule has 0 aromatic heterocycles. The molecule has 1 heteroatoms. The molecular weight excluding hydrogens is 208 g/mol. The van der Waals surface area contributed by atoms with Crippen molar-refractivity contribution in [1.82, 2.24) is 0 Å². The summed E-state index contributed by atoms with van der Waals surface area (Å²) in [6, 6.07) is 0. The largest absolute Gasteiger partial charge is 0.381 e. The Hall–Kier alpha value is -0.560. The number of allylic oxidation sites excluding steroid dienone is 4. The highest BCUT2D eigenvalue weighted by Gasteiger charge is 2.31. The summed E-state index contributed by atoms with van der Waals surface area (Å²) in [5.74, 6) is 2.07. The maximum Gasteiger partial charge on any atom is 0.0574 e. The van der Waals surface area contributed by atoms with Crippen LogP contribution in [0, 0.1) is 11.8 Å². The number of methoxy groups -OCH3 is 1. The standard InChI is InChI=1S/C11H20O.C5H6/c1-12-11-7-6-10(8-11)9-4-2-3-5-9;1-2-4-5-3-1/h9-11H,2-8H2,1H3;1-4H,5H2. The lowest BCUT2D eigenvalue weighted by molar-refractivity contribution is 0.102. The molecule has 2 atom stereocenters. The molecule has 0 aromatic carbocycles. The van der Waals surface area contributed by atoms with Gasteiger partial charge in [-0.15, -0.1) is 0 Å². The highest BCUT2D eigenvalue weighted by Crippen LogP contribution is 2.40. The Bertz CT molecular complexity index is 251. The average molecular weight is 234 g/mol. The first kappa shape index (κ1) is 12.9. The second kappa shape index (κ2) is 7.00. The molecule has 3 rings (SSSR count). The molecule has 0 spiro atoms. The van der Waals surface area contributed by atoms with Crippen molar-refractivity contribution in [2.24, 2.45) is 11.8 Å². The third-order valence-corrected chi connectivity index (χ3v) is 4.48. The molecule has 0 aliphatic heterocycles. The van der Waals surface area contributed by atoms with E-state index in [1.165, 1.54) is 44.9 Å². The molecule has 96 valence electrons. The van der Waals surface area contributed by atoms with Crippen LogP contribution in [-0.4, -0.2) is 13.2 Å². The normalized spacial score (nSPS) is 31.8. The predicted molar refractivity (Wildman–Crippen MR) is 73.0 cm³/mol. The van der Waals surface area contributed by atoms with Crippen molar-refractivity contribution in [2.45, 2.75) is 57.5 Å². The maximum atomic E-state index is 5.40. The molecule has 0 heterocycles. The van der Waals surface area contributed by atoms with E-state index in [9.17, 15) is 0 Å². The van der Waals surface area contributed by atoms with Crippen molar-refractivity contribution >= 4 is 0 Å². The molecule has 0 amide bonds. The highest BCUT2D eigenvalue weighted by atomic mass is 16.5. The molecule has 3 aliphatic rings. The van der Waals surface area contributed by atoms with Gasteiger partial charge in [-0.25, -0.2) is 0 Å². The van der Waals surface area contributed by atoms with Gasteiger partial charge in [0, 0.05) is 7.11 Å². The topological polar surface area (TPSA) is 9.23 Å². The summed E-state index contributed by atoms with van der Waals surface area (Å²) in [4.78, 5) is 0. The van der Waals surface area contributed by atoms with Crippen molar-refractivity contribution < 1.29 is 4.74 Å². The molecule has 2 fully saturated rings. The first-order valence-corrected chi connectivity index (χ1v) is 7.24. The smallest absolute Gasteiger partial charge is 0.0574 e. The summed E-state index contributed by atoms with van der Waals surface area (Å²) in [7, 11) is 1.86. The third-order valence-electron chi connectivity index (χ3n) is 4.48. The molecule has 2 unspecified atom stereocenters. The number of rotatable bonds is 2. The van der Waals surface area contributed by atoms with E-state index < -0.39 is 0 Å². The first-order valence-electron chi connectivity index (χ1n) is 7.24. The first-order chi connectivity index (χ1) is 8.40. The van der Waals surface area contributed by atoms with Crippen LogP contribution in [0.15, 0.2) is 24.3 Å². The Morgan fingerprint density at radius 2 is 1.59 bits per heavy atom. The molecule has 0 aromatic rings. The molecule has 17 heavy (non-hydrogen) atoms. The molecule has 2 saturated carbocycles. The Morgan fingerprint density at radius 1 is 0.882 bits per heavy atom. The van der Waals surface area contributed by atoms with Crippen LogP contribution in [-0.2, 0) is 4.74 Å². The predicted octanol–water partition coefficient (Wildman–Crippen LogP) is 4.49. The quantitative estimate of drug-likeness (QED) is 0.684. The van der Waals surface area contributed by atoms with Gasteiger partial charge in [0.1, 0.15) is 0 Å². The summed E-state index contributed by atoms with van der Waals surface area (Å²) in [6.07, 6.45) is 20.2. The molecule has 0 N–H and O–H groups in total. The minimum atomic E-state index is 0.593. The fourth-order valence-electron chi connectivity index (χ4n) is 3.44. The fraction of sp³-hybridized carbons (Fsp3) is 0.750. The van der Waals surface area contributed by atoms with Gasteiger partial charge in [0.2, 0.25) is 0 Å². The lowest BCUT2D eigenvalue weighted by Gasteiger charge is -2.17. The van der Waals surface area contributed by atoms with Gasteiger partial charge in [-0.2, -0.15) is 0 Å². The molecule has 0 bridgehead atoms. The lowest BCUT2D eigenvalue weighted by atomic mass is 9.90. The van der Waals surface area contributed by atoms with Gasteiger partial charge in [0.25, 0.3) is 0 Å². The van der Waals surface area contributed by atoms with E-state index >= 15 is 0 Å². The Kier molecular flexibility index (Phi) is 5.31. The Balaban J connectivity index is 0.000000181. The summed E-state index contributed by atoms with van der Waals surface area (Å²) in [6.45, 7) is 0. The van der Waals surface area contributed by atoms with Gasteiger partial charge < -0.3 is 4.74 Å². The Morgan fingerprint density at radius 3 is 2.06 bits per heavy atom. The lowest BCUT2D eigenvalue weighted by Crippen LogP contribution is -2.10. The zero-order valence-corrected chi connectivity index (χ0v) is 11.1. The van der Waals surface area contributed by atoms with Crippen molar-refractivity contribution in [3.63, 3.8) is 0 Å². The molecule has 1 nitrogen and oxygen atoms in total. The molecule has 3 aliphatic carbocycles. The van der Waals surface area contributed by atoms with Gasteiger partial charge in [-0.05, 0) is 37.5 Å².